The summed E-state index contributed by atoms with van der Waals surface area (Å²) in [7, 11) is 3.48. The molecular weight excluding hydrogens is 457 g/mol. The van der Waals surface area contributed by atoms with Crippen LogP contribution in [0.2, 0.25) is 0 Å². The number of carbonyl (C=O) groups is 1. The van der Waals surface area contributed by atoms with Crippen molar-refractivity contribution in [2.24, 2.45) is 11.8 Å². The maximum Gasteiger partial charge on any atom is 0.391 e. The fourth-order valence-electron chi connectivity index (χ4n) is 4.77. The molecule has 2 atom stereocenters. The quantitative estimate of drug-likeness (QED) is 0.412. The molecule has 1 amide bonds. The van der Waals surface area contributed by atoms with E-state index in [4.69, 9.17) is 0 Å². The summed E-state index contributed by atoms with van der Waals surface area (Å²) in [4.78, 5) is 26.3. The van der Waals surface area contributed by atoms with E-state index in [9.17, 15) is 28.1 Å². The minimum atomic E-state index is -4.18. The molecule has 33 heavy (non-hydrogen) atoms. The molecular formula is C22H31F3N4O3S. The molecule has 1 heterocycles. The molecule has 1 unspecified atom stereocenters. The molecule has 3 rings (SSSR count). The van der Waals surface area contributed by atoms with E-state index in [0.717, 1.165) is 17.9 Å². The van der Waals surface area contributed by atoms with E-state index < -0.39 is 22.9 Å². The van der Waals surface area contributed by atoms with Gasteiger partial charge in [-0.25, -0.2) is 0 Å². The van der Waals surface area contributed by atoms with Crippen molar-refractivity contribution in [3.05, 3.63) is 27.8 Å². The fourth-order valence-corrected chi connectivity index (χ4v) is 6.04. The van der Waals surface area contributed by atoms with Crippen molar-refractivity contribution in [3.63, 3.8) is 0 Å². The van der Waals surface area contributed by atoms with E-state index in [1.165, 1.54) is 6.07 Å². The van der Waals surface area contributed by atoms with Gasteiger partial charge in [0.15, 0.2) is 0 Å². The lowest BCUT2D eigenvalue weighted by atomic mass is 9.78. The zero-order chi connectivity index (χ0) is 24.3. The fraction of sp³-hybridized carbons (Fsp3) is 0.682. The number of nitrogens with zero attached hydrogens (tertiary/aromatic N) is 2. The van der Waals surface area contributed by atoms with E-state index in [1.54, 1.807) is 20.0 Å². The van der Waals surface area contributed by atoms with Gasteiger partial charge in [-0.1, -0.05) is 0 Å². The molecule has 184 valence electrons. The van der Waals surface area contributed by atoms with Crippen LogP contribution in [0.3, 0.4) is 0 Å². The molecule has 1 aromatic rings. The highest BCUT2D eigenvalue weighted by Crippen LogP contribution is 2.41. The molecule has 2 aliphatic rings. The van der Waals surface area contributed by atoms with Crippen molar-refractivity contribution < 1.29 is 22.9 Å². The van der Waals surface area contributed by atoms with Crippen molar-refractivity contribution >= 4 is 34.7 Å². The number of nitrogens with one attached hydrogen (secondary N) is 2. The van der Waals surface area contributed by atoms with Gasteiger partial charge in [-0.15, -0.1) is 0 Å². The number of halogens is 3. The van der Waals surface area contributed by atoms with Crippen LogP contribution in [0.1, 0.15) is 49.4 Å². The summed E-state index contributed by atoms with van der Waals surface area (Å²) in [5.41, 5.74) is 0.931. The smallest absolute Gasteiger partial charge is 0.383 e. The van der Waals surface area contributed by atoms with Gasteiger partial charge >= 0.3 is 6.18 Å². The molecule has 0 spiro atoms. The topological polar surface area (TPSA) is 87.5 Å². The Hall–Kier alpha value is -2.17. The number of anilines is 2. The van der Waals surface area contributed by atoms with Crippen molar-refractivity contribution in [3.8, 4) is 0 Å². The molecule has 1 saturated heterocycles. The third kappa shape index (κ3) is 5.85. The first-order valence-corrected chi connectivity index (χ1v) is 12.4. The number of hydrogen-bond acceptors (Lipinski definition) is 6. The summed E-state index contributed by atoms with van der Waals surface area (Å²) in [5, 5.41) is 17.4. The Morgan fingerprint density at radius 1 is 1.24 bits per heavy atom. The maximum atomic E-state index is 13.3. The Morgan fingerprint density at radius 3 is 2.42 bits per heavy atom. The van der Waals surface area contributed by atoms with Gasteiger partial charge in [0, 0.05) is 38.0 Å². The van der Waals surface area contributed by atoms with E-state index >= 15 is 0 Å². The molecule has 0 radical (unpaired) electrons. The predicted molar refractivity (Wildman–Crippen MR) is 125 cm³/mol. The van der Waals surface area contributed by atoms with Gasteiger partial charge in [0.25, 0.3) is 11.6 Å². The number of amides is 1. The zero-order valence-electron chi connectivity index (χ0n) is 19.1. The molecule has 2 N–H and O–H groups in total. The largest absolute Gasteiger partial charge is 0.391 e. The Morgan fingerprint density at radius 2 is 1.91 bits per heavy atom. The van der Waals surface area contributed by atoms with Crippen LogP contribution in [0.15, 0.2) is 12.1 Å². The average Bonchev–Trinajstić information content (AvgIpc) is 3.32. The van der Waals surface area contributed by atoms with Crippen LogP contribution in [-0.4, -0.2) is 54.7 Å². The lowest BCUT2D eigenvalue weighted by Crippen LogP contribution is -2.41. The van der Waals surface area contributed by atoms with Crippen molar-refractivity contribution in [2.75, 3.05) is 35.8 Å². The Balaban J connectivity index is 1.81. The normalized spacial score (nSPS) is 24.2. The summed E-state index contributed by atoms with van der Waals surface area (Å²) < 4.78 is 38.9. The number of hydrogen-bond donors (Lipinski definition) is 2. The SMILES string of the molecule is CNc1cc(N(C)C2CCSC2)c(C(=O)N[C@H](C)C2CCC(C(F)(F)F)CC2)cc1[N+](=O)[O-]. The molecule has 11 heteroatoms. The number of nitro groups is 1. The summed E-state index contributed by atoms with van der Waals surface area (Å²) >= 11 is 1.82. The Labute approximate surface area is 196 Å². The Kier molecular flexibility index (Phi) is 8.02. The zero-order valence-corrected chi connectivity index (χ0v) is 19.9. The van der Waals surface area contributed by atoms with Gasteiger partial charge < -0.3 is 15.5 Å². The number of thioether (sulfide) groups is 1. The van der Waals surface area contributed by atoms with Gasteiger partial charge in [0.1, 0.15) is 5.69 Å². The molecule has 1 aromatic carbocycles. The molecule has 2 fully saturated rings. The summed E-state index contributed by atoms with van der Waals surface area (Å²) in [6.45, 7) is 1.80. The predicted octanol–water partition coefficient (Wildman–Crippen LogP) is 5.07. The van der Waals surface area contributed by atoms with E-state index in [-0.39, 0.29) is 42.1 Å². The molecule has 0 bridgehead atoms. The second kappa shape index (κ2) is 10.4. The third-order valence-corrected chi connectivity index (χ3v) is 8.10. The first-order chi connectivity index (χ1) is 15.5. The summed E-state index contributed by atoms with van der Waals surface area (Å²) in [6, 6.07) is 2.80. The highest BCUT2D eigenvalue weighted by Gasteiger charge is 2.42. The maximum absolute atomic E-state index is 13.3. The monoisotopic (exact) mass is 488 g/mol. The third-order valence-electron chi connectivity index (χ3n) is 6.96. The number of benzene rings is 1. The minimum Gasteiger partial charge on any atom is -0.383 e. The van der Waals surface area contributed by atoms with Crippen molar-refractivity contribution in [1.82, 2.24) is 5.32 Å². The summed E-state index contributed by atoms with van der Waals surface area (Å²) in [5.74, 6) is 0.130. The van der Waals surface area contributed by atoms with Crippen LogP contribution < -0.4 is 15.5 Å². The lowest BCUT2D eigenvalue weighted by molar-refractivity contribution is -0.384. The minimum absolute atomic E-state index is 0.0596. The Bertz CT molecular complexity index is 869. The van der Waals surface area contributed by atoms with Crippen molar-refractivity contribution in [1.29, 1.82) is 0 Å². The van der Waals surface area contributed by atoms with Crippen LogP contribution >= 0.6 is 11.8 Å². The average molecular weight is 489 g/mol. The first-order valence-electron chi connectivity index (χ1n) is 11.2. The molecule has 1 aliphatic heterocycles. The van der Waals surface area contributed by atoms with Gasteiger partial charge in [-0.3, -0.25) is 14.9 Å². The standard InChI is InChI=1S/C22H31F3N4O3S/c1-13(14-4-6-15(7-5-14)22(23,24)25)27-21(30)17-10-20(29(31)32)18(26-2)11-19(17)28(3)16-8-9-33-12-16/h10-11,13-16,26H,4-9,12H2,1-3H3,(H,27,30)/t13-,14?,15?,16?/m1/s1. The van der Waals surface area contributed by atoms with E-state index in [0.29, 0.717) is 24.2 Å². The highest BCUT2D eigenvalue weighted by atomic mass is 32.2. The van der Waals surface area contributed by atoms with Crippen LogP contribution in [0.4, 0.5) is 30.2 Å². The van der Waals surface area contributed by atoms with E-state index in [2.05, 4.69) is 10.6 Å². The van der Waals surface area contributed by atoms with Gasteiger partial charge in [-0.2, -0.15) is 24.9 Å². The van der Waals surface area contributed by atoms with Crippen LogP contribution in [0, 0.1) is 22.0 Å². The van der Waals surface area contributed by atoms with Crippen LogP contribution in [-0.2, 0) is 0 Å². The number of rotatable bonds is 7. The second-order valence-electron chi connectivity index (χ2n) is 8.94. The number of alkyl halides is 3. The van der Waals surface area contributed by atoms with Gasteiger partial charge in [-0.05, 0) is 56.8 Å². The lowest BCUT2D eigenvalue weighted by Gasteiger charge is -2.34. The second-order valence-corrected chi connectivity index (χ2v) is 10.1. The molecule has 7 nitrogen and oxygen atoms in total. The number of nitro benzene ring substituents is 1. The molecule has 1 saturated carbocycles. The highest BCUT2D eigenvalue weighted by molar-refractivity contribution is 7.99. The van der Waals surface area contributed by atoms with Gasteiger partial charge in [0.2, 0.25) is 0 Å². The van der Waals surface area contributed by atoms with Gasteiger partial charge in [0.05, 0.1) is 22.1 Å². The molecule has 1 aliphatic carbocycles. The van der Waals surface area contributed by atoms with E-state index in [1.807, 2.05) is 23.7 Å². The number of carbonyl (C=O) groups excluding carboxylic acids is 1. The van der Waals surface area contributed by atoms with Crippen molar-refractivity contribution in [2.45, 2.75) is 57.3 Å². The van der Waals surface area contributed by atoms with Crippen LogP contribution in [0.25, 0.3) is 0 Å². The van der Waals surface area contributed by atoms with Crippen LogP contribution in [0.5, 0.6) is 0 Å². The summed E-state index contributed by atoms with van der Waals surface area (Å²) in [6.07, 6.45) is -2.34. The first kappa shape index (κ1) is 25.5. The molecule has 0 aromatic heterocycles.